The van der Waals surface area contributed by atoms with E-state index in [2.05, 4.69) is 15.6 Å². The topological polar surface area (TPSA) is 112 Å². The molecule has 0 radical (unpaired) electrons. The molecule has 0 spiro atoms. The summed E-state index contributed by atoms with van der Waals surface area (Å²) < 4.78 is 0. The predicted molar refractivity (Wildman–Crippen MR) is 132 cm³/mol. The highest BCUT2D eigenvalue weighted by Crippen LogP contribution is 2.28. The third-order valence-electron chi connectivity index (χ3n) is 6.21. The summed E-state index contributed by atoms with van der Waals surface area (Å²) in [5.74, 6) is -1.03. The Morgan fingerprint density at radius 1 is 1.18 bits per heavy atom. The minimum atomic E-state index is -0.788. The lowest BCUT2D eigenvalue weighted by Gasteiger charge is -2.31. The molecule has 3 N–H and O–H groups in total. The fourth-order valence-corrected chi connectivity index (χ4v) is 4.98. The molecule has 1 aromatic heterocycles. The molecule has 34 heavy (non-hydrogen) atoms. The molecule has 3 rings (SSSR count). The predicted octanol–water partition coefficient (Wildman–Crippen LogP) is 2.81. The second kappa shape index (κ2) is 11.1. The monoisotopic (exact) mass is 486 g/mol. The van der Waals surface area contributed by atoms with E-state index >= 15 is 0 Å². The van der Waals surface area contributed by atoms with E-state index in [1.54, 1.807) is 18.3 Å². The molecule has 0 bridgehead atoms. The van der Waals surface area contributed by atoms with Crippen molar-refractivity contribution in [1.29, 1.82) is 0 Å². The fourth-order valence-electron chi connectivity index (χ4n) is 4.17. The van der Waals surface area contributed by atoms with Crippen molar-refractivity contribution in [2.24, 2.45) is 5.92 Å². The summed E-state index contributed by atoms with van der Waals surface area (Å²) >= 11 is 1.59. The molecule has 0 saturated carbocycles. The van der Waals surface area contributed by atoms with E-state index in [0.717, 1.165) is 21.7 Å². The Morgan fingerprint density at radius 3 is 2.41 bits per heavy atom. The number of aliphatic hydroxyl groups is 1. The summed E-state index contributed by atoms with van der Waals surface area (Å²) in [5.41, 5.74) is 4.82. The second-order valence-electron chi connectivity index (χ2n) is 9.16. The zero-order valence-corrected chi connectivity index (χ0v) is 21.2. The number of carbonyl (C=O) groups is 3. The largest absolute Gasteiger partial charge is 0.391 e. The number of β-amino-alcohol motifs (C(OH)–C–C–N with tert-alkyl or cyclic N) is 1. The number of hydrogen-bond donors (Lipinski definition) is 3. The van der Waals surface area contributed by atoms with Crippen LogP contribution < -0.4 is 10.6 Å². The maximum absolute atomic E-state index is 13.2. The maximum atomic E-state index is 13.2. The van der Waals surface area contributed by atoms with Gasteiger partial charge in [0.05, 0.1) is 28.2 Å². The van der Waals surface area contributed by atoms with Crippen molar-refractivity contribution in [3.05, 3.63) is 41.0 Å². The number of aryl methyl sites for hydroxylation is 1. The van der Waals surface area contributed by atoms with Crippen molar-refractivity contribution in [1.82, 2.24) is 20.5 Å². The summed E-state index contributed by atoms with van der Waals surface area (Å²) in [5, 5.41) is 16.0. The zero-order chi connectivity index (χ0) is 25.0. The van der Waals surface area contributed by atoms with Gasteiger partial charge < -0.3 is 20.6 Å². The van der Waals surface area contributed by atoms with E-state index in [0.29, 0.717) is 0 Å². The molecule has 1 aliphatic heterocycles. The minimum absolute atomic E-state index is 0.0689. The molecular formula is C25H34N4O4S. The molecule has 1 saturated heterocycles. The van der Waals surface area contributed by atoms with Crippen LogP contribution in [0.3, 0.4) is 0 Å². The normalized spacial score (nSPS) is 19.7. The van der Waals surface area contributed by atoms with E-state index in [1.165, 1.54) is 4.90 Å². The van der Waals surface area contributed by atoms with Gasteiger partial charge in [-0.3, -0.25) is 14.4 Å². The van der Waals surface area contributed by atoms with Crippen LogP contribution in [0.1, 0.15) is 57.8 Å². The molecule has 1 fully saturated rings. The molecule has 2 aromatic rings. The molecular weight excluding hydrogens is 452 g/mol. The lowest BCUT2D eigenvalue weighted by Crippen LogP contribution is -2.55. The van der Waals surface area contributed by atoms with Crippen LogP contribution in [0.4, 0.5) is 0 Å². The van der Waals surface area contributed by atoms with Crippen LogP contribution >= 0.6 is 11.3 Å². The number of thiazole rings is 1. The van der Waals surface area contributed by atoms with Gasteiger partial charge in [0.1, 0.15) is 12.1 Å². The first-order valence-electron chi connectivity index (χ1n) is 11.7. The van der Waals surface area contributed by atoms with Gasteiger partial charge in [-0.2, -0.15) is 0 Å². The van der Waals surface area contributed by atoms with E-state index in [-0.39, 0.29) is 49.1 Å². The van der Waals surface area contributed by atoms with Crippen LogP contribution in [0.2, 0.25) is 0 Å². The molecule has 0 aliphatic carbocycles. The number of likely N-dealkylation sites (tertiary alicyclic amines) is 1. The van der Waals surface area contributed by atoms with E-state index in [4.69, 9.17) is 0 Å². The van der Waals surface area contributed by atoms with Gasteiger partial charge in [-0.15, -0.1) is 11.3 Å². The Labute approximate surface area is 204 Å². The third-order valence-corrected chi connectivity index (χ3v) is 7.19. The van der Waals surface area contributed by atoms with Gasteiger partial charge in [0.2, 0.25) is 17.7 Å². The second-order valence-corrected chi connectivity index (χ2v) is 10.0. The Balaban J connectivity index is 1.70. The van der Waals surface area contributed by atoms with Crippen molar-refractivity contribution in [3.63, 3.8) is 0 Å². The van der Waals surface area contributed by atoms with Crippen molar-refractivity contribution in [2.75, 3.05) is 6.54 Å². The van der Waals surface area contributed by atoms with Gasteiger partial charge in [-0.05, 0) is 30.9 Å². The lowest BCUT2D eigenvalue weighted by atomic mass is 10.0. The molecule has 184 valence electrons. The smallest absolute Gasteiger partial charge is 0.246 e. The lowest BCUT2D eigenvalue weighted by molar-refractivity contribution is -0.142. The standard InChI is InChI=1S/C25H34N4O4S/c1-6-21(31)28-22(14(2)3)25(33)29-12-19(30)11-20(29)24(32)27-15(4)17-7-9-18(10-8-17)23-16(5)26-13-34-23/h7-10,13-15,19-20,22,30H,6,11-12H2,1-5H3,(H,27,32)(H,28,31)/t15-,19+,20-,22-/m0/s1. The number of amides is 3. The summed E-state index contributed by atoms with van der Waals surface area (Å²) in [7, 11) is 0. The fraction of sp³-hybridized carbons (Fsp3) is 0.520. The average molecular weight is 487 g/mol. The van der Waals surface area contributed by atoms with Gasteiger partial charge in [0, 0.05) is 19.4 Å². The molecule has 9 heteroatoms. The third kappa shape index (κ3) is 5.82. The number of nitrogens with zero attached hydrogens (tertiary/aromatic N) is 2. The number of rotatable bonds is 8. The van der Waals surface area contributed by atoms with Crippen LogP contribution in [0.25, 0.3) is 10.4 Å². The van der Waals surface area contributed by atoms with Crippen LogP contribution in [-0.2, 0) is 14.4 Å². The Bertz CT molecular complexity index is 1020. The van der Waals surface area contributed by atoms with Crippen molar-refractivity contribution in [3.8, 4) is 10.4 Å². The summed E-state index contributed by atoms with van der Waals surface area (Å²) in [6, 6.07) is 6.16. The van der Waals surface area contributed by atoms with Crippen molar-refractivity contribution < 1.29 is 19.5 Å². The summed E-state index contributed by atoms with van der Waals surface area (Å²) in [4.78, 5) is 45.1. The van der Waals surface area contributed by atoms with Gasteiger partial charge in [-0.1, -0.05) is 45.0 Å². The average Bonchev–Trinajstić information content (AvgIpc) is 3.42. The highest BCUT2D eigenvalue weighted by atomic mass is 32.1. The number of benzene rings is 1. The number of carbonyl (C=O) groups excluding carboxylic acids is 3. The zero-order valence-electron chi connectivity index (χ0n) is 20.4. The molecule has 3 amide bonds. The number of nitrogens with one attached hydrogen (secondary N) is 2. The first kappa shape index (κ1) is 25.8. The molecule has 1 aliphatic rings. The van der Waals surface area contributed by atoms with Crippen LogP contribution in [0.15, 0.2) is 29.8 Å². The highest BCUT2D eigenvalue weighted by Gasteiger charge is 2.42. The van der Waals surface area contributed by atoms with Crippen LogP contribution in [0.5, 0.6) is 0 Å². The first-order valence-corrected chi connectivity index (χ1v) is 12.6. The number of aromatic nitrogens is 1. The Morgan fingerprint density at radius 2 is 1.85 bits per heavy atom. The first-order chi connectivity index (χ1) is 16.1. The van der Waals surface area contributed by atoms with Crippen molar-refractivity contribution >= 4 is 29.1 Å². The molecule has 2 heterocycles. The Hall–Kier alpha value is -2.78. The van der Waals surface area contributed by atoms with Crippen LogP contribution in [0, 0.1) is 12.8 Å². The van der Waals surface area contributed by atoms with Gasteiger partial charge in [-0.25, -0.2) is 4.98 Å². The number of aliphatic hydroxyl groups excluding tert-OH is 1. The van der Waals surface area contributed by atoms with Gasteiger partial charge >= 0.3 is 0 Å². The van der Waals surface area contributed by atoms with E-state index in [1.807, 2.05) is 57.5 Å². The summed E-state index contributed by atoms with van der Waals surface area (Å²) in [6.07, 6.45) is -0.353. The minimum Gasteiger partial charge on any atom is -0.391 e. The SMILES string of the molecule is CCC(=O)N[C@H](C(=O)N1C[C@H](O)C[C@H]1C(=O)N[C@@H](C)c1ccc(-c2scnc2C)cc1)C(C)C. The summed E-state index contributed by atoms with van der Waals surface area (Å²) in [6.45, 7) is 9.35. The van der Waals surface area contributed by atoms with Crippen molar-refractivity contribution in [2.45, 2.75) is 71.7 Å². The molecule has 4 atom stereocenters. The van der Waals surface area contributed by atoms with Crippen LogP contribution in [-0.4, -0.2) is 57.4 Å². The van der Waals surface area contributed by atoms with Gasteiger partial charge in [0.25, 0.3) is 0 Å². The molecule has 1 aromatic carbocycles. The maximum Gasteiger partial charge on any atom is 0.246 e. The van der Waals surface area contributed by atoms with E-state index < -0.39 is 18.2 Å². The van der Waals surface area contributed by atoms with E-state index in [9.17, 15) is 19.5 Å². The number of hydrogen-bond acceptors (Lipinski definition) is 6. The quantitative estimate of drug-likeness (QED) is 0.531. The van der Waals surface area contributed by atoms with Gasteiger partial charge in [0.15, 0.2) is 0 Å². The Kier molecular flexibility index (Phi) is 8.43. The highest BCUT2D eigenvalue weighted by molar-refractivity contribution is 7.13. The molecule has 0 unspecified atom stereocenters. The molecule has 8 nitrogen and oxygen atoms in total.